The maximum absolute atomic E-state index is 12.7. The number of morpholine rings is 1. The van der Waals surface area contributed by atoms with Gasteiger partial charge in [-0.25, -0.2) is 9.97 Å². The van der Waals surface area contributed by atoms with E-state index in [0.29, 0.717) is 25.5 Å². The minimum absolute atomic E-state index is 0.0579. The van der Waals surface area contributed by atoms with Gasteiger partial charge in [-0.15, -0.1) is 0 Å². The molecule has 1 aromatic carbocycles. The Labute approximate surface area is 191 Å². The number of carbonyl (C=O) groups is 1. The summed E-state index contributed by atoms with van der Waals surface area (Å²) in [6, 6.07) is 21.0. The number of carbonyl (C=O) groups excluding carboxylic acids is 1. The van der Waals surface area contributed by atoms with Crippen LogP contribution in [-0.4, -0.2) is 52.0 Å². The van der Waals surface area contributed by atoms with Gasteiger partial charge >= 0.3 is 0 Å². The van der Waals surface area contributed by atoms with Gasteiger partial charge in [-0.1, -0.05) is 18.2 Å². The lowest BCUT2D eigenvalue weighted by Gasteiger charge is -2.32. The highest BCUT2D eigenvalue weighted by Gasteiger charge is 2.24. The van der Waals surface area contributed by atoms with Gasteiger partial charge in [0.25, 0.3) is 0 Å². The van der Waals surface area contributed by atoms with E-state index in [1.165, 1.54) is 0 Å². The van der Waals surface area contributed by atoms with Crippen LogP contribution in [0.5, 0.6) is 0 Å². The first-order chi connectivity index (χ1) is 16.2. The molecule has 1 aliphatic heterocycles. The van der Waals surface area contributed by atoms with Gasteiger partial charge in [-0.05, 0) is 48.5 Å². The Morgan fingerprint density at radius 2 is 1.91 bits per heavy atom. The third-order valence-electron chi connectivity index (χ3n) is 5.43. The molecule has 1 amide bonds. The Kier molecular flexibility index (Phi) is 6.19. The van der Waals surface area contributed by atoms with E-state index in [9.17, 15) is 4.79 Å². The van der Waals surface area contributed by atoms with Crippen molar-refractivity contribution in [2.75, 3.05) is 36.9 Å². The third kappa shape index (κ3) is 5.31. The average Bonchev–Trinajstić information content (AvgIpc) is 2.85. The van der Waals surface area contributed by atoms with Crippen LogP contribution in [0.15, 0.2) is 79.1 Å². The third-order valence-corrected chi connectivity index (χ3v) is 5.43. The quantitative estimate of drug-likeness (QED) is 0.471. The number of hydrogen-bond acceptors (Lipinski definition) is 7. The number of aromatic nitrogens is 3. The summed E-state index contributed by atoms with van der Waals surface area (Å²) in [5.41, 5.74) is 2.49. The molecule has 1 saturated heterocycles. The minimum atomic E-state index is -0.205. The molecule has 8 nitrogen and oxygen atoms in total. The van der Waals surface area contributed by atoms with Crippen molar-refractivity contribution in [3.63, 3.8) is 0 Å². The Balaban J connectivity index is 1.20. The van der Waals surface area contributed by atoms with E-state index >= 15 is 0 Å². The summed E-state index contributed by atoms with van der Waals surface area (Å²) in [6.07, 6.45) is 3.28. The molecule has 1 aliphatic rings. The normalized spacial score (nSPS) is 16.4. The maximum atomic E-state index is 12.7. The molecule has 0 radical (unpaired) electrons. The van der Waals surface area contributed by atoms with Crippen LogP contribution >= 0.6 is 0 Å². The van der Waals surface area contributed by atoms with Crippen molar-refractivity contribution in [1.82, 2.24) is 19.9 Å². The lowest BCUT2D eigenvalue weighted by Crippen LogP contribution is -2.42. The molecule has 4 heterocycles. The average molecular weight is 441 g/mol. The predicted octanol–water partition coefficient (Wildman–Crippen LogP) is 3.78. The van der Waals surface area contributed by atoms with Crippen molar-refractivity contribution >= 4 is 34.1 Å². The number of hydrogen-bond donors (Lipinski definition) is 2. The second-order valence-electron chi connectivity index (χ2n) is 7.84. The molecule has 4 aromatic rings. The molecule has 3 aromatic heterocycles. The van der Waals surface area contributed by atoms with Crippen LogP contribution in [0.4, 0.5) is 17.3 Å². The molecule has 2 N–H and O–H groups in total. The summed E-state index contributed by atoms with van der Waals surface area (Å²) in [5.74, 6) is 1.38. The molecular formula is C25H24N6O2. The SMILES string of the molecule is O=C(CN1CCOC(c2cccc(Nc3ccccn3)n2)C1)Nc1ccc2ncccc2c1. The van der Waals surface area contributed by atoms with Crippen LogP contribution in [0.1, 0.15) is 11.8 Å². The van der Waals surface area contributed by atoms with Crippen LogP contribution in [0, 0.1) is 0 Å². The predicted molar refractivity (Wildman–Crippen MR) is 127 cm³/mol. The highest BCUT2D eigenvalue weighted by molar-refractivity contribution is 5.94. The molecule has 33 heavy (non-hydrogen) atoms. The van der Waals surface area contributed by atoms with Crippen LogP contribution < -0.4 is 10.6 Å². The van der Waals surface area contributed by atoms with E-state index < -0.39 is 0 Å². The van der Waals surface area contributed by atoms with E-state index in [0.717, 1.165) is 28.1 Å². The van der Waals surface area contributed by atoms with Crippen LogP contribution in [0.3, 0.4) is 0 Å². The van der Waals surface area contributed by atoms with Gasteiger partial charge in [0.2, 0.25) is 5.91 Å². The lowest BCUT2D eigenvalue weighted by atomic mass is 10.2. The highest BCUT2D eigenvalue weighted by atomic mass is 16.5. The molecule has 0 saturated carbocycles. The van der Waals surface area contributed by atoms with Gasteiger partial charge in [0.05, 0.1) is 24.4 Å². The summed E-state index contributed by atoms with van der Waals surface area (Å²) in [5, 5.41) is 7.19. The minimum Gasteiger partial charge on any atom is -0.369 e. The number of fused-ring (bicyclic) bond motifs is 1. The molecule has 8 heteroatoms. The number of benzene rings is 1. The largest absolute Gasteiger partial charge is 0.369 e. The molecule has 166 valence electrons. The number of pyridine rings is 3. The maximum Gasteiger partial charge on any atom is 0.238 e. The van der Waals surface area contributed by atoms with E-state index in [1.807, 2.05) is 66.7 Å². The summed E-state index contributed by atoms with van der Waals surface area (Å²) in [7, 11) is 0. The zero-order valence-electron chi connectivity index (χ0n) is 18.0. The van der Waals surface area contributed by atoms with Crippen LogP contribution in [0.25, 0.3) is 10.9 Å². The van der Waals surface area contributed by atoms with Gasteiger partial charge < -0.3 is 15.4 Å². The van der Waals surface area contributed by atoms with E-state index in [1.54, 1.807) is 12.4 Å². The number of ether oxygens (including phenoxy) is 1. The first-order valence-corrected chi connectivity index (χ1v) is 10.9. The molecule has 0 bridgehead atoms. The first-order valence-electron chi connectivity index (χ1n) is 10.9. The summed E-state index contributed by atoms with van der Waals surface area (Å²) in [4.78, 5) is 28.0. The summed E-state index contributed by atoms with van der Waals surface area (Å²) in [6.45, 7) is 2.11. The first kappa shape index (κ1) is 21.0. The molecular weight excluding hydrogens is 416 g/mol. The Bertz CT molecular complexity index is 1250. The second-order valence-corrected chi connectivity index (χ2v) is 7.84. The Morgan fingerprint density at radius 3 is 2.82 bits per heavy atom. The van der Waals surface area contributed by atoms with Crippen molar-refractivity contribution in [2.24, 2.45) is 0 Å². The van der Waals surface area contributed by atoms with Gasteiger partial charge in [0, 0.05) is 36.6 Å². The van der Waals surface area contributed by atoms with E-state index in [2.05, 4.69) is 25.5 Å². The van der Waals surface area contributed by atoms with Gasteiger partial charge in [0.15, 0.2) is 0 Å². The molecule has 1 unspecified atom stereocenters. The standard InChI is InChI=1S/C25H24N6O2/c32-25(28-19-9-10-20-18(15-19)5-4-12-26-20)17-31-13-14-33-22(16-31)21-6-3-8-24(29-21)30-23-7-1-2-11-27-23/h1-12,15,22H,13-14,16-17H2,(H,28,32)(H,27,29,30). The lowest BCUT2D eigenvalue weighted by molar-refractivity contribution is -0.119. The molecule has 1 atom stereocenters. The van der Waals surface area contributed by atoms with Crippen LogP contribution in [-0.2, 0) is 9.53 Å². The summed E-state index contributed by atoms with van der Waals surface area (Å²) < 4.78 is 5.96. The number of rotatable bonds is 6. The van der Waals surface area contributed by atoms with Crippen molar-refractivity contribution in [1.29, 1.82) is 0 Å². The fourth-order valence-electron chi connectivity index (χ4n) is 3.85. The molecule has 0 aliphatic carbocycles. The highest BCUT2D eigenvalue weighted by Crippen LogP contribution is 2.23. The van der Waals surface area contributed by atoms with Crippen molar-refractivity contribution < 1.29 is 9.53 Å². The smallest absolute Gasteiger partial charge is 0.238 e. The van der Waals surface area contributed by atoms with Crippen molar-refractivity contribution in [3.05, 3.63) is 84.8 Å². The molecule has 0 spiro atoms. The van der Waals surface area contributed by atoms with Gasteiger partial charge in [-0.2, -0.15) is 0 Å². The monoisotopic (exact) mass is 440 g/mol. The topological polar surface area (TPSA) is 92.3 Å². The number of nitrogens with one attached hydrogen (secondary N) is 2. The fourth-order valence-corrected chi connectivity index (χ4v) is 3.85. The second kappa shape index (κ2) is 9.72. The number of anilines is 3. The molecule has 1 fully saturated rings. The number of nitrogens with zero attached hydrogens (tertiary/aromatic N) is 4. The zero-order valence-corrected chi connectivity index (χ0v) is 18.0. The van der Waals surface area contributed by atoms with Gasteiger partial charge in [0.1, 0.15) is 17.7 Å². The van der Waals surface area contributed by atoms with Crippen molar-refractivity contribution in [2.45, 2.75) is 6.10 Å². The van der Waals surface area contributed by atoms with Crippen LogP contribution in [0.2, 0.25) is 0 Å². The molecule has 5 rings (SSSR count). The Hall–Kier alpha value is -3.88. The fraction of sp³-hybridized carbons (Fsp3) is 0.200. The zero-order chi connectivity index (χ0) is 22.5. The van der Waals surface area contributed by atoms with Crippen molar-refractivity contribution in [3.8, 4) is 0 Å². The van der Waals surface area contributed by atoms with E-state index in [-0.39, 0.29) is 18.6 Å². The Morgan fingerprint density at radius 1 is 1.00 bits per heavy atom. The summed E-state index contributed by atoms with van der Waals surface area (Å²) >= 11 is 0. The van der Waals surface area contributed by atoms with Gasteiger partial charge in [-0.3, -0.25) is 14.7 Å². The van der Waals surface area contributed by atoms with E-state index in [4.69, 9.17) is 9.72 Å². The number of amides is 1.